The third-order valence-electron chi connectivity index (χ3n) is 5.73. The number of carbonyl (C=O) groups is 3. The van der Waals surface area contributed by atoms with E-state index >= 15 is 0 Å². The third kappa shape index (κ3) is 3.01. The molecule has 2 heterocycles. The molecule has 1 atom stereocenters. The van der Waals surface area contributed by atoms with Gasteiger partial charge in [-0.1, -0.05) is 12.1 Å². The van der Waals surface area contributed by atoms with Crippen molar-refractivity contribution in [2.75, 3.05) is 0 Å². The number of benzene rings is 1. The summed E-state index contributed by atoms with van der Waals surface area (Å²) in [5, 5.41) is 5.88. The van der Waals surface area contributed by atoms with Crippen molar-refractivity contribution in [2.45, 2.75) is 63.3 Å². The van der Waals surface area contributed by atoms with E-state index in [0.717, 1.165) is 30.5 Å². The van der Waals surface area contributed by atoms with E-state index in [4.69, 9.17) is 5.73 Å². The number of hydrogen-bond acceptors (Lipinski definition) is 5. The summed E-state index contributed by atoms with van der Waals surface area (Å²) in [5.41, 5.74) is 8.67. The van der Waals surface area contributed by atoms with Crippen LogP contribution in [0.4, 0.5) is 0 Å². The lowest BCUT2D eigenvalue weighted by molar-refractivity contribution is -0.136. The molecule has 7 nitrogen and oxygen atoms in total. The van der Waals surface area contributed by atoms with Crippen molar-refractivity contribution in [3.05, 3.63) is 34.9 Å². The molecule has 1 aromatic carbocycles. The Morgan fingerprint density at radius 3 is 2.77 bits per heavy atom. The summed E-state index contributed by atoms with van der Waals surface area (Å²) < 4.78 is 0. The Hall–Kier alpha value is -2.25. The van der Waals surface area contributed by atoms with E-state index in [1.165, 1.54) is 0 Å². The largest absolute Gasteiger partial charge is 0.328 e. The molecule has 4 rings (SSSR count). The van der Waals surface area contributed by atoms with Crippen LogP contribution in [0.5, 0.6) is 0 Å². The van der Waals surface area contributed by atoms with Gasteiger partial charge in [-0.3, -0.25) is 19.7 Å². The SMILES string of the molecule is CC1(NCc2ccc3c(c2)CN(C2CCC(=O)NC2=O)C3=O)CC(N)C1. The molecule has 26 heavy (non-hydrogen) atoms. The Morgan fingerprint density at radius 1 is 1.31 bits per heavy atom. The van der Waals surface area contributed by atoms with Crippen molar-refractivity contribution in [3.8, 4) is 0 Å². The number of nitrogens with two attached hydrogens (primary N) is 1. The molecular formula is C19H24N4O3. The van der Waals surface area contributed by atoms with Gasteiger partial charge in [0.2, 0.25) is 11.8 Å². The zero-order valence-electron chi connectivity index (χ0n) is 14.9. The van der Waals surface area contributed by atoms with Crippen LogP contribution in [0.15, 0.2) is 18.2 Å². The van der Waals surface area contributed by atoms with Crippen LogP contribution in [0, 0.1) is 0 Å². The molecule has 4 N–H and O–H groups in total. The van der Waals surface area contributed by atoms with Crippen molar-refractivity contribution in [2.24, 2.45) is 5.73 Å². The van der Waals surface area contributed by atoms with E-state index in [2.05, 4.69) is 17.6 Å². The minimum Gasteiger partial charge on any atom is -0.328 e. The quantitative estimate of drug-likeness (QED) is 0.678. The Bertz CT molecular complexity index is 785. The lowest BCUT2D eigenvalue weighted by Crippen LogP contribution is -2.57. The minimum atomic E-state index is -0.565. The highest BCUT2D eigenvalue weighted by Crippen LogP contribution is 2.31. The normalized spacial score (nSPS) is 30.8. The fourth-order valence-corrected chi connectivity index (χ4v) is 4.30. The first kappa shape index (κ1) is 17.2. The summed E-state index contributed by atoms with van der Waals surface area (Å²) in [6, 6.07) is 5.56. The number of imide groups is 1. The molecule has 0 spiro atoms. The van der Waals surface area contributed by atoms with Crippen LogP contribution in [0.1, 0.15) is 54.1 Å². The van der Waals surface area contributed by atoms with Crippen LogP contribution in [0.25, 0.3) is 0 Å². The Morgan fingerprint density at radius 2 is 2.08 bits per heavy atom. The van der Waals surface area contributed by atoms with Crippen LogP contribution >= 0.6 is 0 Å². The molecule has 2 fully saturated rings. The molecule has 0 bridgehead atoms. The average molecular weight is 356 g/mol. The zero-order chi connectivity index (χ0) is 18.5. The second-order valence-electron chi connectivity index (χ2n) is 7.97. The van der Waals surface area contributed by atoms with Gasteiger partial charge in [-0.15, -0.1) is 0 Å². The fourth-order valence-electron chi connectivity index (χ4n) is 4.30. The predicted molar refractivity (Wildman–Crippen MR) is 94.9 cm³/mol. The van der Waals surface area contributed by atoms with Gasteiger partial charge in [0.25, 0.3) is 5.91 Å². The van der Waals surface area contributed by atoms with Crippen LogP contribution in [0.3, 0.4) is 0 Å². The maximum Gasteiger partial charge on any atom is 0.255 e. The highest BCUT2D eigenvalue weighted by Gasteiger charge is 2.40. The summed E-state index contributed by atoms with van der Waals surface area (Å²) in [7, 11) is 0. The Balaban J connectivity index is 1.45. The maximum absolute atomic E-state index is 12.7. The van der Waals surface area contributed by atoms with Crippen molar-refractivity contribution in [1.29, 1.82) is 0 Å². The highest BCUT2D eigenvalue weighted by atomic mass is 16.2. The first-order valence-electron chi connectivity index (χ1n) is 9.12. The van der Waals surface area contributed by atoms with Crippen LogP contribution < -0.4 is 16.4 Å². The number of hydrogen-bond donors (Lipinski definition) is 3. The summed E-state index contributed by atoms with van der Waals surface area (Å²) >= 11 is 0. The third-order valence-corrected chi connectivity index (χ3v) is 5.73. The van der Waals surface area contributed by atoms with E-state index in [-0.39, 0.29) is 35.7 Å². The minimum absolute atomic E-state index is 0.0903. The molecule has 7 heteroatoms. The topological polar surface area (TPSA) is 105 Å². The second kappa shape index (κ2) is 6.17. The summed E-state index contributed by atoms with van der Waals surface area (Å²) in [4.78, 5) is 37.7. The van der Waals surface area contributed by atoms with Gasteiger partial charge in [0.1, 0.15) is 6.04 Å². The van der Waals surface area contributed by atoms with Gasteiger partial charge in [-0.25, -0.2) is 0 Å². The number of carbonyl (C=O) groups excluding carboxylic acids is 3. The van der Waals surface area contributed by atoms with E-state index in [9.17, 15) is 14.4 Å². The fraction of sp³-hybridized carbons (Fsp3) is 0.526. The number of nitrogens with one attached hydrogen (secondary N) is 2. The molecule has 1 aromatic rings. The standard InChI is InChI=1S/C19H24N4O3/c1-19(7-13(20)8-19)21-9-11-2-3-14-12(6-11)10-23(18(14)26)15-4-5-16(24)22-17(15)25/h2-3,6,13,15,21H,4-5,7-10,20H2,1H3,(H,22,24,25). The molecule has 3 aliphatic rings. The molecule has 1 saturated carbocycles. The van der Waals surface area contributed by atoms with Crippen molar-refractivity contribution in [1.82, 2.24) is 15.5 Å². The zero-order valence-corrected chi connectivity index (χ0v) is 14.9. The molecule has 3 amide bonds. The Labute approximate surface area is 152 Å². The smallest absolute Gasteiger partial charge is 0.255 e. The summed E-state index contributed by atoms with van der Waals surface area (Å²) in [5.74, 6) is -0.780. The van der Waals surface area contributed by atoms with E-state index in [1.54, 1.807) is 4.90 Å². The van der Waals surface area contributed by atoms with Gasteiger partial charge in [0, 0.05) is 36.7 Å². The monoisotopic (exact) mass is 356 g/mol. The van der Waals surface area contributed by atoms with Crippen LogP contribution in [-0.4, -0.2) is 40.2 Å². The molecular weight excluding hydrogens is 332 g/mol. The first-order chi connectivity index (χ1) is 12.3. The molecule has 1 saturated heterocycles. The van der Waals surface area contributed by atoms with Crippen LogP contribution in [-0.2, 0) is 22.7 Å². The summed E-state index contributed by atoms with van der Waals surface area (Å²) in [6.07, 6.45) is 2.60. The van der Waals surface area contributed by atoms with Gasteiger partial charge in [-0.05, 0) is 43.4 Å². The number of amides is 3. The number of rotatable bonds is 4. The van der Waals surface area contributed by atoms with Gasteiger partial charge < -0.3 is 16.0 Å². The van der Waals surface area contributed by atoms with Crippen molar-refractivity contribution < 1.29 is 14.4 Å². The van der Waals surface area contributed by atoms with E-state index in [1.807, 2.05) is 18.2 Å². The van der Waals surface area contributed by atoms with E-state index in [0.29, 0.717) is 18.5 Å². The van der Waals surface area contributed by atoms with Crippen molar-refractivity contribution in [3.63, 3.8) is 0 Å². The average Bonchev–Trinajstić information content (AvgIpc) is 2.88. The number of fused-ring (bicyclic) bond motifs is 1. The lowest BCUT2D eigenvalue weighted by Gasteiger charge is -2.44. The van der Waals surface area contributed by atoms with Crippen LogP contribution in [0.2, 0.25) is 0 Å². The maximum atomic E-state index is 12.7. The Kier molecular flexibility index (Phi) is 4.08. The van der Waals surface area contributed by atoms with Gasteiger partial charge in [0.05, 0.1) is 0 Å². The molecule has 0 aromatic heterocycles. The molecule has 1 aliphatic carbocycles. The van der Waals surface area contributed by atoms with Gasteiger partial charge >= 0.3 is 0 Å². The second-order valence-corrected chi connectivity index (χ2v) is 7.97. The molecule has 2 aliphatic heterocycles. The highest BCUT2D eigenvalue weighted by molar-refractivity contribution is 6.05. The molecule has 1 unspecified atom stereocenters. The van der Waals surface area contributed by atoms with E-state index < -0.39 is 6.04 Å². The van der Waals surface area contributed by atoms with Gasteiger partial charge in [-0.2, -0.15) is 0 Å². The molecule has 138 valence electrons. The molecule has 0 radical (unpaired) electrons. The first-order valence-corrected chi connectivity index (χ1v) is 9.12. The van der Waals surface area contributed by atoms with Crippen molar-refractivity contribution >= 4 is 17.7 Å². The summed E-state index contributed by atoms with van der Waals surface area (Å²) in [6.45, 7) is 3.32. The number of nitrogens with zero attached hydrogens (tertiary/aromatic N) is 1. The number of piperidine rings is 1. The lowest BCUT2D eigenvalue weighted by atomic mass is 9.74. The predicted octanol–water partition coefficient (Wildman–Crippen LogP) is 0.417. The van der Waals surface area contributed by atoms with Gasteiger partial charge in [0.15, 0.2) is 0 Å².